The first-order valence-electron chi connectivity index (χ1n) is 11.9. The summed E-state index contributed by atoms with van der Waals surface area (Å²) in [6, 6.07) is 10.2. The van der Waals surface area contributed by atoms with Gasteiger partial charge in [0.1, 0.15) is 0 Å². The van der Waals surface area contributed by atoms with E-state index in [1.807, 2.05) is 23.6 Å². The highest BCUT2D eigenvalue weighted by Gasteiger charge is 2.20. The number of nitrogens with zero attached hydrogens (tertiary/aromatic N) is 2. The van der Waals surface area contributed by atoms with Crippen LogP contribution >= 0.6 is 22.9 Å². The summed E-state index contributed by atoms with van der Waals surface area (Å²) in [5.41, 5.74) is 6.20. The van der Waals surface area contributed by atoms with E-state index in [1.165, 1.54) is 11.1 Å². The van der Waals surface area contributed by atoms with Crippen molar-refractivity contribution in [1.29, 1.82) is 0 Å². The van der Waals surface area contributed by atoms with Crippen molar-refractivity contribution in [3.05, 3.63) is 84.0 Å². The summed E-state index contributed by atoms with van der Waals surface area (Å²) in [6.07, 6.45) is 3.30. The Morgan fingerprint density at radius 2 is 1.89 bits per heavy atom. The van der Waals surface area contributed by atoms with Crippen molar-refractivity contribution in [3.8, 4) is 11.5 Å². The van der Waals surface area contributed by atoms with Crippen LogP contribution in [0.4, 0.5) is 0 Å². The molecular weight excluding hydrogens is 482 g/mol. The van der Waals surface area contributed by atoms with Crippen molar-refractivity contribution in [3.63, 3.8) is 0 Å². The molecule has 2 aromatic carbocycles. The molecule has 3 heterocycles. The molecule has 1 aliphatic heterocycles. The molecular formula is C27H26ClN3O3S. The van der Waals surface area contributed by atoms with E-state index < -0.39 is 0 Å². The average Bonchev–Trinajstić information content (AvgIpc) is 3.59. The van der Waals surface area contributed by atoms with Crippen molar-refractivity contribution in [2.45, 2.75) is 52.2 Å². The minimum absolute atomic E-state index is 0.0154. The highest BCUT2D eigenvalue weighted by molar-refractivity contribution is 7.09. The highest BCUT2D eigenvalue weighted by Crippen LogP contribution is 2.37. The second kappa shape index (κ2) is 8.97. The van der Waals surface area contributed by atoms with E-state index in [9.17, 15) is 4.79 Å². The molecule has 6 nitrogen and oxygen atoms in total. The van der Waals surface area contributed by atoms with Gasteiger partial charge in [-0.25, -0.2) is 4.98 Å². The Morgan fingerprint density at radius 1 is 1.11 bits per heavy atom. The molecule has 4 aromatic rings. The lowest BCUT2D eigenvalue weighted by Crippen LogP contribution is -2.29. The van der Waals surface area contributed by atoms with Gasteiger partial charge in [-0.05, 0) is 79.5 Å². The molecule has 1 unspecified atom stereocenters. The van der Waals surface area contributed by atoms with Gasteiger partial charge >= 0.3 is 0 Å². The van der Waals surface area contributed by atoms with Crippen LogP contribution in [0.2, 0.25) is 5.02 Å². The quantitative estimate of drug-likeness (QED) is 0.371. The fraction of sp³-hybridized carbons (Fsp3) is 0.333. The Balaban J connectivity index is 1.41. The Morgan fingerprint density at radius 3 is 2.66 bits per heavy atom. The fourth-order valence-electron chi connectivity index (χ4n) is 4.99. The van der Waals surface area contributed by atoms with Crippen molar-refractivity contribution < 1.29 is 9.47 Å². The Kier molecular flexibility index (Phi) is 5.79. The van der Waals surface area contributed by atoms with Crippen LogP contribution in [-0.2, 0) is 25.9 Å². The number of ether oxygens (including phenoxy) is 2. The summed E-state index contributed by atoms with van der Waals surface area (Å²) in [5.74, 6) is 1.30. The first-order valence-corrected chi connectivity index (χ1v) is 13.1. The molecule has 0 saturated heterocycles. The normalized spacial score (nSPS) is 15.1. The van der Waals surface area contributed by atoms with Gasteiger partial charge in [0.2, 0.25) is 6.79 Å². The largest absolute Gasteiger partial charge is 0.454 e. The molecule has 35 heavy (non-hydrogen) atoms. The molecule has 0 saturated carbocycles. The smallest absolute Gasteiger partial charge is 0.255 e. The highest BCUT2D eigenvalue weighted by atomic mass is 35.5. The van der Waals surface area contributed by atoms with Gasteiger partial charge < -0.3 is 19.4 Å². The molecule has 0 spiro atoms. The van der Waals surface area contributed by atoms with E-state index in [4.69, 9.17) is 21.1 Å². The van der Waals surface area contributed by atoms with Gasteiger partial charge in [-0.1, -0.05) is 11.6 Å². The topological polar surface area (TPSA) is 65.4 Å². The van der Waals surface area contributed by atoms with E-state index in [-0.39, 0.29) is 18.4 Å². The lowest BCUT2D eigenvalue weighted by atomic mass is 10.0. The summed E-state index contributed by atoms with van der Waals surface area (Å²) < 4.78 is 12.9. The van der Waals surface area contributed by atoms with E-state index in [1.54, 1.807) is 17.4 Å². The Hall–Kier alpha value is -2.87. The molecule has 1 N–H and O–H groups in total. The minimum atomic E-state index is -0.0154. The van der Waals surface area contributed by atoms with E-state index in [2.05, 4.69) is 34.7 Å². The SMILES string of the molecule is Cc1nc(C(C)NCc2cc3cc4c(cc3n(Cc3cc5c(cc3Cl)OCO5)c2=O)CCC4)cs1. The maximum absolute atomic E-state index is 13.8. The van der Waals surface area contributed by atoms with Crippen LogP contribution in [0.5, 0.6) is 11.5 Å². The second-order valence-corrected chi connectivity index (χ2v) is 10.8. The molecule has 180 valence electrons. The number of pyridine rings is 1. The van der Waals surface area contributed by atoms with Crippen molar-refractivity contribution in [1.82, 2.24) is 14.9 Å². The van der Waals surface area contributed by atoms with Crippen LogP contribution in [0.25, 0.3) is 10.9 Å². The number of aromatic nitrogens is 2. The van der Waals surface area contributed by atoms with Crippen LogP contribution in [-0.4, -0.2) is 16.3 Å². The van der Waals surface area contributed by atoms with Gasteiger partial charge in [0.25, 0.3) is 5.56 Å². The Bertz CT molecular complexity index is 1510. The molecule has 0 fully saturated rings. The third kappa shape index (κ3) is 4.22. The summed E-state index contributed by atoms with van der Waals surface area (Å²) in [6.45, 7) is 5.08. The Labute approximate surface area is 212 Å². The van der Waals surface area contributed by atoms with E-state index in [0.717, 1.165) is 52.0 Å². The molecule has 0 bridgehead atoms. The number of thiazole rings is 1. The maximum atomic E-state index is 13.8. The predicted molar refractivity (Wildman–Crippen MR) is 139 cm³/mol. The first-order chi connectivity index (χ1) is 17.0. The van der Waals surface area contributed by atoms with Crippen molar-refractivity contribution >= 4 is 33.8 Å². The van der Waals surface area contributed by atoms with Crippen molar-refractivity contribution in [2.75, 3.05) is 6.79 Å². The van der Waals surface area contributed by atoms with Gasteiger partial charge in [-0.3, -0.25) is 4.79 Å². The summed E-state index contributed by atoms with van der Waals surface area (Å²) in [4.78, 5) is 18.4. The predicted octanol–water partition coefficient (Wildman–Crippen LogP) is 5.54. The zero-order valence-electron chi connectivity index (χ0n) is 19.7. The summed E-state index contributed by atoms with van der Waals surface area (Å²) in [5, 5.41) is 8.24. The van der Waals surface area contributed by atoms with Crippen LogP contribution < -0.4 is 20.3 Å². The fourth-order valence-corrected chi connectivity index (χ4v) is 5.91. The molecule has 0 amide bonds. The zero-order valence-corrected chi connectivity index (χ0v) is 21.3. The number of fused-ring (bicyclic) bond motifs is 3. The number of nitrogens with one attached hydrogen (secondary N) is 1. The minimum Gasteiger partial charge on any atom is -0.454 e. The van der Waals surface area contributed by atoms with Crippen molar-refractivity contribution in [2.24, 2.45) is 0 Å². The van der Waals surface area contributed by atoms with Gasteiger partial charge in [0.15, 0.2) is 11.5 Å². The van der Waals surface area contributed by atoms with Crippen LogP contribution in [0, 0.1) is 6.92 Å². The van der Waals surface area contributed by atoms with Crippen LogP contribution in [0.1, 0.15) is 52.3 Å². The number of aryl methyl sites for hydroxylation is 3. The third-order valence-electron chi connectivity index (χ3n) is 6.93. The number of halogens is 1. The van der Waals surface area contributed by atoms with E-state index in [0.29, 0.717) is 29.6 Å². The van der Waals surface area contributed by atoms with Gasteiger partial charge in [-0.2, -0.15) is 0 Å². The first kappa shape index (κ1) is 22.6. The standard InChI is InChI=1S/C27H26ClN3O3S/c1-15(23-13-35-16(2)30-23)29-11-20-7-19-6-17-4-3-5-18(17)8-24(19)31(27(20)32)12-21-9-25-26(10-22(21)28)34-14-33-25/h6-10,13,15,29H,3-5,11-12,14H2,1-2H3. The maximum Gasteiger partial charge on any atom is 0.255 e. The van der Waals surface area contributed by atoms with Crippen LogP contribution in [0.3, 0.4) is 0 Å². The molecule has 0 radical (unpaired) electrons. The van der Waals surface area contributed by atoms with Gasteiger partial charge in [0.05, 0.1) is 22.8 Å². The molecule has 2 aliphatic rings. The molecule has 1 atom stereocenters. The molecule has 2 aromatic heterocycles. The number of hydrogen-bond donors (Lipinski definition) is 1. The van der Waals surface area contributed by atoms with E-state index >= 15 is 0 Å². The number of hydrogen-bond acceptors (Lipinski definition) is 6. The molecule has 6 rings (SSSR count). The zero-order chi connectivity index (χ0) is 24.1. The van der Waals surface area contributed by atoms with Gasteiger partial charge in [-0.15, -0.1) is 11.3 Å². The van der Waals surface area contributed by atoms with Gasteiger partial charge in [0, 0.05) is 34.6 Å². The number of benzene rings is 2. The average molecular weight is 508 g/mol. The monoisotopic (exact) mass is 507 g/mol. The third-order valence-corrected chi connectivity index (χ3v) is 8.07. The molecule has 1 aliphatic carbocycles. The second-order valence-electron chi connectivity index (χ2n) is 9.29. The number of rotatable bonds is 6. The summed E-state index contributed by atoms with van der Waals surface area (Å²) in [7, 11) is 0. The lowest BCUT2D eigenvalue weighted by Gasteiger charge is -2.17. The molecule has 8 heteroatoms. The lowest BCUT2D eigenvalue weighted by molar-refractivity contribution is 0.174. The summed E-state index contributed by atoms with van der Waals surface area (Å²) >= 11 is 8.23. The van der Waals surface area contributed by atoms with Crippen LogP contribution in [0.15, 0.2) is 40.5 Å².